The molecule has 1 N–H and O–H groups in total. The van der Waals surface area contributed by atoms with Crippen molar-refractivity contribution in [1.82, 2.24) is 10.4 Å². The van der Waals surface area contributed by atoms with E-state index in [4.69, 9.17) is 9.57 Å². The summed E-state index contributed by atoms with van der Waals surface area (Å²) >= 11 is 0. The van der Waals surface area contributed by atoms with Crippen molar-refractivity contribution in [2.75, 3.05) is 0 Å². The number of carbonyl (C=O) groups excluding carboxylic acids is 4. The minimum absolute atomic E-state index is 0.00496. The molecule has 0 aromatic heterocycles. The van der Waals surface area contributed by atoms with Crippen LogP contribution in [-0.2, 0) is 30.6 Å². The van der Waals surface area contributed by atoms with Crippen molar-refractivity contribution in [3.63, 3.8) is 0 Å². The molecule has 8 heteroatoms. The zero-order valence-electron chi connectivity index (χ0n) is 14.1. The van der Waals surface area contributed by atoms with Crippen LogP contribution in [0.15, 0.2) is 30.3 Å². The van der Waals surface area contributed by atoms with Crippen LogP contribution in [0.5, 0.6) is 0 Å². The summed E-state index contributed by atoms with van der Waals surface area (Å²) in [5.41, 5.74) is 0.801. The van der Waals surface area contributed by atoms with Gasteiger partial charge in [0.15, 0.2) is 0 Å². The fourth-order valence-electron chi connectivity index (χ4n) is 2.19. The molecule has 1 heterocycles. The Morgan fingerprint density at radius 2 is 1.72 bits per heavy atom. The van der Waals surface area contributed by atoms with Gasteiger partial charge in [-0.25, -0.2) is 9.59 Å². The summed E-state index contributed by atoms with van der Waals surface area (Å²) in [6.45, 7) is 3.43. The first-order valence-electron chi connectivity index (χ1n) is 7.93. The highest BCUT2D eigenvalue weighted by molar-refractivity contribution is 6.01. The van der Waals surface area contributed by atoms with Crippen LogP contribution >= 0.6 is 0 Å². The molecule has 2 rings (SSSR count). The van der Waals surface area contributed by atoms with Crippen LogP contribution in [0.3, 0.4) is 0 Å². The largest absolute Gasteiger partial charge is 0.445 e. The van der Waals surface area contributed by atoms with Gasteiger partial charge in [-0.3, -0.25) is 9.59 Å². The topological polar surface area (TPSA) is 102 Å². The van der Waals surface area contributed by atoms with Gasteiger partial charge in [-0.15, -0.1) is 5.06 Å². The molecule has 0 spiro atoms. The number of hydrogen-bond acceptors (Lipinski definition) is 6. The Morgan fingerprint density at radius 1 is 1.12 bits per heavy atom. The van der Waals surface area contributed by atoms with E-state index in [0.29, 0.717) is 5.06 Å². The second-order valence-electron chi connectivity index (χ2n) is 5.92. The first-order valence-corrected chi connectivity index (χ1v) is 7.93. The standard InChI is InChI=1S/C17H20N2O6/c1-11(2)15(16(22)25-19-13(20)8-9-14(19)21)18-17(23)24-10-12-6-4-3-5-7-12/h3-7,11,15H,8-10H2,1-2H3,(H,18,23)/t15-/m0/s1. The Kier molecular flexibility index (Phi) is 6.10. The minimum atomic E-state index is -1.05. The predicted octanol–water partition coefficient (Wildman–Crippen LogP) is 1.54. The van der Waals surface area contributed by atoms with Crippen molar-refractivity contribution >= 4 is 23.9 Å². The van der Waals surface area contributed by atoms with E-state index < -0.39 is 29.9 Å². The maximum absolute atomic E-state index is 12.2. The lowest BCUT2D eigenvalue weighted by Gasteiger charge is -2.22. The number of ether oxygens (including phenoxy) is 1. The first-order chi connectivity index (χ1) is 11.9. The van der Waals surface area contributed by atoms with Crippen LogP contribution in [0, 0.1) is 5.92 Å². The third-order valence-electron chi connectivity index (χ3n) is 3.59. The van der Waals surface area contributed by atoms with Crippen molar-refractivity contribution < 1.29 is 28.8 Å². The second kappa shape index (κ2) is 8.27. The van der Waals surface area contributed by atoms with Crippen LogP contribution in [0.4, 0.5) is 4.79 Å². The summed E-state index contributed by atoms with van der Waals surface area (Å²) in [4.78, 5) is 52.0. The number of nitrogens with one attached hydrogen (secondary N) is 1. The Balaban J connectivity index is 1.90. The van der Waals surface area contributed by atoms with Crippen LogP contribution in [-0.4, -0.2) is 35.0 Å². The van der Waals surface area contributed by atoms with Gasteiger partial charge in [-0.05, 0) is 11.5 Å². The molecule has 0 aliphatic carbocycles. The zero-order chi connectivity index (χ0) is 18.4. The summed E-state index contributed by atoms with van der Waals surface area (Å²) in [5.74, 6) is -2.38. The molecule has 0 unspecified atom stereocenters. The molecule has 0 saturated carbocycles. The van der Waals surface area contributed by atoms with Crippen molar-refractivity contribution in [3.8, 4) is 0 Å². The molecule has 8 nitrogen and oxygen atoms in total. The average Bonchev–Trinajstić information content (AvgIpc) is 2.90. The van der Waals surface area contributed by atoms with Gasteiger partial charge in [0, 0.05) is 12.8 Å². The van der Waals surface area contributed by atoms with E-state index in [1.54, 1.807) is 26.0 Å². The highest BCUT2D eigenvalue weighted by atomic mass is 16.7. The van der Waals surface area contributed by atoms with E-state index in [1.165, 1.54) is 0 Å². The lowest BCUT2D eigenvalue weighted by Crippen LogP contribution is -2.48. The van der Waals surface area contributed by atoms with Gasteiger partial charge in [0.1, 0.15) is 12.6 Å². The fourth-order valence-corrected chi connectivity index (χ4v) is 2.19. The van der Waals surface area contributed by atoms with Crippen molar-refractivity contribution in [2.45, 2.75) is 39.3 Å². The van der Waals surface area contributed by atoms with Crippen LogP contribution in [0.1, 0.15) is 32.3 Å². The molecule has 0 bridgehead atoms. The van der Waals surface area contributed by atoms with Crippen LogP contribution < -0.4 is 5.32 Å². The molecule has 1 fully saturated rings. The van der Waals surface area contributed by atoms with Crippen molar-refractivity contribution in [1.29, 1.82) is 0 Å². The number of carbonyl (C=O) groups is 4. The van der Waals surface area contributed by atoms with Gasteiger partial charge in [0.2, 0.25) is 0 Å². The smallest absolute Gasteiger partial charge is 0.408 e. The summed E-state index contributed by atoms with van der Waals surface area (Å²) in [6, 6.07) is 8.02. The zero-order valence-corrected chi connectivity index (χ0v) is 14.1. The van der Waals surface area contributed by atoms with Gasteiger partial charge in [-0.1, -0.05) is 44.2 Å². The van der Waals surface area contributed by atoms with E-state index in [-0.39, 0.29) is 25.4 Å². The van der Waals surface area contributed by atoms with E-state index in [1.807, 2.05) is 18.2 Å². The van der Waals surface area contributed by atoms with Crippen LogP contribution in [0.25, 0.3) is 0 Å². The molecule has 1 aliphatic heterocycles. The molecule has 134 valence electrons. The number of imide groups is 1. The van der Waals surface area contributed by atoms with E-state index in [0.717, 1.165) is 5.56 Å². The fraction of sp³-hybridized carbons (Fsp3) is 0.412. The Labute approximate surface area is 145 Å². The van der Waals surface area contributed by atoms with E-state index in [2.05, 4.69) is 5.32 Å². The molecule has 1 aromatic carbocycles. The summed E-state index contributed by atoms with van der Waals surface area (Å²) in [5, 5.41) is 2.86. The van der Waals surface area contributed by atoms with E-state index in [9.17, 15) is 19.2 Å². The highest BCUT2D eigenvalue weighted by Crippen LogP contribution is 2.14. The highest BCUT2D eigenvalue weighted by Gasteiger charge is 2.36. The Morgan fingerprint density at radius 3 is 2.28 bits per heavy atom. The van der Waals surface area contributed by atoms with Crippen LogP contribution in [0.2, 0.25) is 0 Å². The summed E-state index contributed by atoms with van der Waals surface area (Å²) in [6.07, 6.45) is -0.783. The van der Waals surface area contributed by atoms with Gasteiger partial charge in [0.05, 0.1) is 0 Å². The SMILES string of the molecule is CC(C)[C@H](NC(=O)OCc1ccccc1)C(=O)ON1C(=O)CCC1=O. The Hall–Kier alpha value is -2.90. The lowest BCUT2D eigenvalue weighted by atomic mass is 10.1. The van der Waals surface area contributed by atoms with E-state index >= 15 is 0 Å². The normalized spacial score (nSPS) is 15.2. The average molecular weight is 348 g/mol. The molecule has 0 radical (unpaired) electrons. The van der Waals surface area contributed by atoms with Gasteiger partial charge in [0.25, 0.3) is 11.8 Å². The number of benzene rings is 1. The molecule has 1 aliphatic rings. The summed E-state index contributed by atoms with van der Waals surface area (Å²) in [7, 11) is 0. The number of alkyl carbamates (subject to hydrolysis) is 1. The van der Waals surface area contributed by atoms with Crippen molar-refractivity contribution in [2.24, 2.45) is 5.92 Å². The third kappa shape index (κ3) is 5.03. The number of hydrogen-bond donors (Lipinski definition) is 1. The quantitative estimate of drug-likeness (QED) is 0.783. The lowest BCUT2D eigenvalue weighted by molar-refractivity contribution is -0.199. The molecule has 1 atom stereocenters. The number of hydroxylamine groups is 2. The molecular formula is C17H20N2O6. The monoisotopic (exact) mass is 348 g/mol. The third-order valence-corrected chi connectivity index (χ3v) is 3.59. The number of rotatable bonds is 6. The molecule has 1 aromatic rings. The number of amides is 3. The van der Waals surface area contributed by atoms with Gasteiger partial charge < -0.3 is 14.9 Å². The van der Waals surface area contributed by atoms with Gasteiger partial charge in [-0.2, -0.15) is 0 Å². The van der Waals surface area contributed by atoms with Crippen molar-refractivity contribution in [3.05, 3.63) is 35.9 Å². The summed E-state index contributed by atoms with van der Waals surface area (Å²) < 4.78 is 5.07. The second-order valence-corrected chi connectivity index (χ2v) is 5.92. The first kappa shape index (κ1) is 18.4. The molecule has 1 saturated heterocycles. The molecule has 3 amide bonds. The minimum Gasteiger partial charge on any atom is -0.445 e. The predicted molar refractivity (Wildman–Crippen MR) is 85.6 cm³/mol. The number of nitrogens with zero attached hydrogens (tertiary/aromatic N) is 1. The maximum atomic E-state index is 12.2. The van der Waals surface area contributed by atoms with Gasteiger partial charge >= 0.3 is 12.1 Å². The molecule has 25 heavy (non-hydrogen) atoms. The molecular weight excluding hydrogens is 328 g/mol. The maximum Gasteiger partial charge on any atom is 0.408 e. The Bertz CT molecular complexity index is 642.